The lowest BCUT2D eigenvalue weighted by molar-refractivity contribution is 0.0505. The van der Waals surface area contributed by atoms with Crippen molar-refractivity contribution in [3.8, 4) is 0 Å². The van der Waals surface area contributed by atoms with E-state index in [0.29, 0.717) is 16.8 Å². The molecule has 0 fully saturated rings. The first kappa shape index (κ1) is 15.0. The monoisotopic (exact) mass is 289 g/mol. The number of ether oxygens (including phenoxy) is 1. The average molecular weight is 289 g/mol. The minimum absolute atomic E-state index is 0.00543. The van der Waals surface area contributed by atoms with Gasteiger partial charge in [-0.2, -0.15) is 0 Å². The molecular weight excluding hydrogens is 273 g/mol. The molecule has 2 rings (SSSR count). The molecule has 1 N–H and O–H groups in total. The fraction of sp³-hybridized carbons (Fsp3) is 0.250. The Hall–Kier alpha value is -2.43. The number of benzene rings is 1. The van der Waals surface area contributed by atoms with Crippen LogP contribution in [0.4, 0.5) is 4.39 Å². The van der Waals surface area contributed by atoms with Crippen LogP contribution in [0.25, 0.3) is 0 Å². The maximum atomic E-state index is 13.4. The molecule has 2 aromatic rings. The molecule has 0 amide bonds. The predicted molar refractivity (Wildman–Crippen MR) is 76.9 cm³/mol. The van der Waals surface area contributed by atoms with Crippen molar-refractivity contribution in [3.05, 3.63) is 68.9 Å². The van der Waals surface area contributed by atoms with E-state index >= 15 is 0 Å². The van der Waals surface area contributed by atoms with Crippen LogP contribution in [0.2, 0.25) is 0 Å². The van der Waals surface area contributed by atoms with Gasteiger partial charge < -0.3 is 9.72 Å². The fourth-order valence-electron chi connectivity index (χ4n) is 2.13. The van der Waals surface area contributed by atoms with Gasteiger partial charge in [0.25, 0.3) is 5.56 Å². The standard InChI is InChI=1S/C16H16FNO3/c1-10-9-11(2)18-15(19)14(10)16(20)21-8-7-12-5-3-4-6-13(12)17/h3-6,9H,7-8H2,1-2H3,(H,18,19). The molecule has 0 aliphatic carbocycles. The second kappa shape index (κ2) is 6.35. The zero-order chi connectivity index (χ0) is 15.4. The minimum atomic E-state index is -0.690. The number of rotatable bonds is 4. The van der Waals surface area contributed by atoms with E-state index in [1.807, 2.05) is 0 Å². The summed E-state index contributed by atoms with van der Waals surface area (Å²) in [6, 6.07) is 8.00. The molecule has 0 spiro atoms. The third-order valence-electron chi connectivity index (χ3n) is 3.13. The molecule has 5 heteroatoms. The number of carbonyl (C=O) groups excluding carboxylic acids is 1. The van der Waals surface area contributed by atoms with Crippen molar-refractivity contribution >= 4 is 5.97 Å². The Morgan fingerprint density at radius 3 is 2.67 bits per heavy atom. The highest BCUT2D eigenvalue weighted by molar-refractivity contribution is 5.90. The van der Waals surface area contributed by atoms with E-state index in [2.05, 4.69) is 4.98 Å². The van der Waals surface area contributed by atoms with Gasteiger partial charge in [-0.15, -0.1) is 0 Å². The van der Waals surface area contributed by atoms with Crippen molar-refractivity contribution in [2.75, 3.05) is 6.61 Å². The topological polar surface area (TPSA) is 59.2 Å². The van der Waals surface area contributed by atoms with E-state index in [1.165, 1.54) is 6.07 Å². The Balaban J connectivity index is 2.03. The first-order chi connectivity index (χ1) is 9.99. The lowest BCUT2D eigenvalue weighted by Gasteiger charge is -2.07. The Bertz CT molecular complexity index is 722. The second-order valence-corrected chi connectivity index (χ2v) is 4.82. The summed E-state index contributed by atoms with van der Waals surface area (Å²) in [6.45, 7) is 3.43. The number of halogens is 1. The zero-order valence-corrected chi connectivity index (χ0v) is 11.9. The third kappa shape index (κ3) is 3.56. The van der Waals surface area contributed by atoms with Gasteiger partial charge in [0, 0.05) is 12.1 Å². The predicted octanol–water partition coefficient (Wildman–Crippen LogP) is 2.53. The Morgan fingerprint density at radius 1 is 1.29 bits per heavy atom. The SMILES string of the molecule is Cc1cc(C)c(C(=O)OCCc2ccccc2F)c(=O)[nH]1. The number of carbonyl (C=O) groups is 1. The minimum Gasteiger partial charge on any atom is -0.462 e. The number of aryl methyl sites for hydroxylation is 2. The average Bonchev–Trinajstić information content (AvgIpc) is 2.39. The molecule has 0 aliphatic rings. The van der Waals surface area contributed by atoms with Gasteiger partial charge in [0.1, 0.15) is 11.4 Å². The highest BCUT2D eigenvalue weighted by Crippen LogP contribution is 2.09. The lowest BCUT2D eigenvalue weighted by Crippen LogP contribution is -2.22. The molecule has 0 saturated carbocycles. The number of nitrogens with one attached hydrogen (secondary N) is 1. The van der Waals surface area contributed by atoms with Crippen LogP contribution in [0.5, 0.6) is 0 Å². The van der Waals surface area contributed by atoms with Crippen molar-refractivity contribution in [3.63, 3.8) is 0 Å². The summed E-state index contributed by atoms with van der Waals surface area (Å²) in [5, 5.41) is 0. The first-order valence-corrected chi connectivity index (χ1v) is 6.60. The molecule has 1 aromatic heterocycles. The molecule has 0 saturated heterocycles. The summed E-state index contributed by atoms with van der Waals surface area (Å²) in [7, 11) is 0. The molecule has 0 bridgehead atoms. The van der Waals surface area contributed by atoms with Crippen molar-refractivity contribution in [1.82, 2.24) is 4.98 Å². The van der Waals surface area contributed by atoms with Crippen molar-refractivity contribution < 1.29 is 13.9 Å². The molecule has 0 aliphatic heterocycles. The molecule has 0 radical (unpaired) electrons. The number of hydrogen-bond donors (Lipinski definition) is 1. The van der Waals surface area contributed by atoms with E-state index in [9.17, 15) is 14.0 Å². The normalized spacial score (nSPS) is 10.4. The van der Waals surface area contributed by atoms with Crippen LogP contribution in [-0.2, 0) is 11.2 Å². The molecule has 0 atom stereocenters. The largest absolute Gasteiger partial charge is 0.462 e. The van der Waals surface area contributed by atoms with E-state index in [1.54, 1.807) is 38.1 Å². The Morgan fingerprint density at radius 2 is 2.00 bits per heavy atom. The van der Waals surface area contributed by atoms with E-state index in [4.69, 9.17) is 4.74 Å². The molecule has 0 unspecified atom stereocenters. The molecule has 1 heterocycles. The number of pyridine rings is 1. The van der Waals surface area contributed by atoms with Gasteiger partial charge in [-0.05, 0) is 37.1 Å². The van der Waals surface area contributed by atoms with Gasteiger partial charge in [0.15, 0.2) is 0 Å². The van der Waals surface area contributed by atoms with E-state index in [0.717, 1.165) is 0 Å². The molecular formula is C16H16FNO3. The zero-order valence-electron chi connectivity index (χ0n) is 11.9. The molecule has 21 heavy (non-hydrogen) atoms. The Labute approximate surface area is 121 Å². The maximum absolute atomic E-state index is 13.4. The summed E-state index contributed by atoms with van der Waals surface area (Å²) in [6.07, 6.45) is 0.265. The van der Waals surface area contributed by atoms with Crippen molar-refractivity contribution in [2.45, 2.75) is 20.3 Å². The first-order valence-electron chi connectivity index (χ1n) is 6.60. The van der Waals surface area contributed by atoms with Gasteiger partial charge in [-0.3, -0.25) is 4.79 Å². The summed E-state index contributed by atoms with van der Waals surface area (Å²) in [5.74, 6) is -1.02. The van der Waals surface area contributed by atoms with Gasteiger partial charge in [-0.25, -0.2) is 9.18 Å². The molecule has 1 aromatic carbocycles. The summed E-state index contributed by atoms with van der Waals surface area (Å²) in [5.41, 5.74) is 1.24. The van der Waals surface area contributed by atoms with Crippen LogP contribution in [-0.4, -0.2) is 17.6 Å². The van der Waals surface area contributed by atoms with Gasteiger partial charge >= 0.3 is 5.97 Å². The van der Waals surface area contributed by atoms with Crippen molar-refractivity contribution in [2.24, 2.45) is 0 Å². The molecule has 110 valence electrons. The van der Waals surface area contributed by atoms with Crippen LogP contribution < -0.4 is 5.56 Å². The number of H-pyrrole nitrogens is 1. The highest BCUT2D eigenvalue weighted by atomic mass is 19.1. The van der Waals surface area contributed by atoms with Gasteiger partial charge in [0.05, 0.1) is 6.61 Å². The fourth-order valence-corrected chi connectivity index (χ4v) is 2.13. The summed E-state index contributed by atoms with van der Waals surface area (Å²) >= 11 is 0. The van der Waals surface area contributed by atoms with Gasteiger partial charge in [0.2, 0.25) is 0 Å². The Kier molecular flexibility index (Phi) is 4.52. The van der Waals surface area contributed by atoms with E-state index < -0.39 is 11.5 Å². The molecule has 4 nitrogen and oxygen atoms in total. The number of esters is 1. The van der Waals surface area contributed by atoms with Crippen LogP contribution in [0, 0.1) is 19.7 Å². The van der Waals surface area contributed by atoms with Crippen molar-refractivity contribution in [1.29, 1.82) is 0 Å². The second-order valence-electron chi connectivity index (χ2n) is 4.82. The van der Waals surface area contributed by atoms with Crippen LogP contribution in [0.1, 0.15) is 27.2 Å². The maximum Gasteiger partial charge on any atom is 0.344 e. The van der Waals surface area contributed by atoms with Gasteiger partial charge in [-0.1, -0.05) is 18.2 Å². The van der Waals surface area contributed by atoms with Crippen LogP contribution >= 0.6 is 0 Å². The summed E-state index contributed by atoms with van der Waals surface area (Å²) in [4.78, 5) is 26.3. The van der Waals surface area contributed by atoms with Crippen LogP contribution in [0.3, 0.4) is 0 Å². The quantitative estimate of drug-likeness (QED) is 0.880. The van der Waals surface area contributed by atoms with E-state index in [-0.39, 0.29) is 24.4 Å². The highest BCUT2D eigenvalue weighted by Gasteiger charge is 2.16. The third-order valence-corrected chi connectivity index (χ3v) is 3.13. The summed E-state index contributed by atoms with van der Waals surface area (Å²) < 4.78 is 18.5. The van der Waals surface area contributed by atoms with Crippen LogP contribution in [0.15, 0.2) is 35.1 Å². The smallest absolute Gasteiger partial charge is 0.344 e. The number of aromatic amines is 1. The number of aromatic nitrogens is 1. The lowest BCUT2D eigenvalue weighted by atomic mass is 10.1. The number of hydrogen-bond acceptors (Lipinski definition) is 3.